The van der Waals surface area contributed by atoms with Crippen molar-refractivity contribution in [2.45, 2.75) is 42.9 Å². The van der Waals surface area contributed by atoms with Crippen molar-refractivity contribution in [1.82, 2.24) is 19.5 Å². The minimum Gasteiger partial charge on any atom is -0.462 e. The van der Waals surface area contributed by atoms with Gasteiger partial charge in [0.25, 0.3) is 0 Å². The molecule has 0 amide bonds. The van der Waals surface area contributed by atoms with Crippen LogP contribution in [0.2, 0.25) is 0 Å². The van der Waals surface area contributed by atoms with Gasteiger partial charge in [-0.15, -0.1) is 0 Å². The van der Waals surface area contributed by atoms with Gasteiger partial charge in [-0.05, 0) is 25.0 Å². The third-order valence-electron chi connectivity index (χ3n) is 6.12. The summed E-state index contributed by atoms with van der Waals surface area (Å²) in [4.78, 5) is 18.1. The van der Waals surface area contributed by atoms with Crippen molar-refractivity contribution in [2.24, 2.45) is 0 Å². The van der Waals surface area contributed by atoms with E-state index < -0.39 is 29.9 Å². The number of likely N-dealkylation sites (tertiary alicyclic amines) is 1. The molecule has 4 atom stereocenters. The topological polar surface area (TPSA) is 168 Å². The van der Waals surface area contributed by atoms with Gasteiger partial charge >= 0.3 is 5.97 Å². The summed E-state index contributed by atoms with van der Waals surface area (Å²) in [7, 11) is 1.68. The third-order valence-corrected chi connectivity index (χ3v) is 6.12. The maximum Gasteiger partial charge on any atom is 0.320 e. The molecule has 0 bridgehead atoms. The van der Waals surface area contributed by atoms with E-state index in [1.807, 2.05) is 11.0 Å². The fourth-order valence-electron chi connectivity index (χ4n) is 4.26. The molecular formula is C20H26N6O6. The number of piperidine rings is 1. The molecule has 0 aromatic carbocycles. The van der Waals surface area contributed by atoms with Crippen molar-refractivity contribution >= 4 is 17.3 Å². The first-order valence-corrected chi connectivity index (χ1v) is 10.3. The van der Waals surface area contributed by atoms with Crippen molar-refractivity contribution in [3.05, 3.63) is 24.2 Å². The van der Waals surface area contributed by atoms with E-state index in [-0.39, 0.29) is 30.8 Å². The number of fused-ring (bicyclic) bond motifs is 1. The molecule has 2 aliphatic heterocycles. The van der Waals surface area contributed by atoms with Crippen LogP contribution in [0.3, 0.4) is 0 Å². The molecule has 2 fully saturated rings. The predicted octanol–water partition coefficient (Wildman–Crippen LogP) is -1.20. The number of hydrogen-bond donors (Lipinski definition) is 3. The summed E-state index contributed by atoms with van der Waals surface area (Å²) >= 11 is 0. The molecule has 0 aliphatic carbocycles. The van der Waals surface area contributed by atoms with Crippen LogP contribution in [-0.4, -0.2) is 93.4 Å². The Morgan fingerprint density at radius 2 is 2.16 bits per heavy atom. The zero-order chi connectivity index (χ0) is 22.9. The fraction of sp³-hybridized carbons (Fsp3) is 0.600. The second-order valence-electron chi connectivity index (χ2n) is 7.99. The van der Waals surface area contributed by atoms with E-state index in [0.717, 1.165) is 25.9 Å². The molecule has 2 aromatic heterocycles. The molecule has 0 spiro atoms. The van der Waals surface area contributed by atoms with Gasteiger partial charge in [0.2, 0.25) is 5.60 Å². The van der Waals surface area contributed by atoms with Crippen LogP contribution in [-0.2, 0) is 24.6 Å². The largest absolute Gasteiger partial charge is 0.462 e. The molecular weight excluding hydrogens is 420 g/mol. The summed E-state index contributed by atoms with van der Waals surface area (Å²) in [6.07, 6.45) is -1.06. The molecule has 12 nitrogen and oxygen atoms in total. The van der Waals surface area contributed by atoms with Gasteiger partial charge in [0.05, 0.1) is 18.3 Å². The second kappa shape index (κ2) is 8.97. The van der Waals surface area contributed by atoms with Gasteiger partial charge in [-0.1, -0.05) is 0 Å². The fourth-order valence-corrected chi connectivity index (χ4v) is 4.26. The summed E-state index contributed by atoms with van der Waals surface area (Å²) in [6, 6.07) is 5.06. The minimum absolute atomic E-state index is 0.102. The average Bonchev–Trinajstić information content (AvgIpc) is 3.34. The standard InChI is InChI=1S/C20H26N6O6/c1-30-12-4-6-25(7-5-12)8-16(27)31-9-14-17(28)18(29)20(10-21,32-14)15-3-2-13-19(22)23-11-24-26(13)15/h2-3,11-12,14,17-18,28-29H,4-9H2,1H3,(H2,22,23,24)/t14-,17-,18-,20+/m1/s1. The number of hydrogen-bond acceptors (Lipinski definition) is 11. The number of nitrogens with two attached hydrogens (primary N) is 1. The molecule has 0 radical (unpaired) electrons. The minimum atomic E-state index is -1.92. The molecule has 4 heterocycles. The highest BCUT2D eigenvalue weighted by Crippen LogP contribution is 2.40. The van der Waals surface area contributed by atoms with Gasteiger partial charge in [-0.3, -0.25) is 9.69 Å². The number of aliphatic hydroxyl groups excluding tert-OH is 2. The SMILES string of the molecule is COC1CCN(CC(=O)OC[C@H]2O[C@@](C#N)(c3ccc4c(N)ncnn34)[C@H](O)[C@@H]2O)CC1. The summed E-state index contributed by atoms with van der Waals surface area (Å²) < 4.78 is 17.7. The van der Waals surface area contributed by atoms with E-state index >= 15 is 0 Å². The highest BCUT2D eigenvalue weighted by atomic mass is 16.6. The zero-order valence-corrected chi connectivity index (χ0v) is 17.6. The number of methoxy groups -OCH3 is 1. The Hall–Kier alpha value is -2.82. The number of rotatable bonds is 6. The van der Waals surface area contributed by atoms with Crippen LogP contribution in [0.1, 0.15) is 18.5 Å². The number of nitrogens with zero attached hydrogens (tertiary/aromatic N) is 5. The lowest BCUT2D eigenvalue weighted by Gasteiger charge is -2.30. The monoisotopic (exact) mass is 446 g/mol. The van der Waals surface area contributed by atoms with Gasteiger partial charge in [0, 0.05) is 20.2 Å². The molecule has 0 unspecified atom stereocenters. The van der Waals surface area contributed by atoms with Crippen molar-refractivity contribution in [2.75, 3.05) is 39.1 Å². The van der Waals surface area contributed by atoms with Crippen molar-refractivity contribution < 1.29 is 29.2 Å². The first-order chi connectivity index (χ1) is 15.4. The van der Waals surface area contributed by atoms with E-state index in [4.69, 9.17) is 19.9 Å². The van der Waals surface area contributed by atoms with Crippen LogP contribution in [0.25, 0.3) is 5.52 Å². The van der Waals surface area contributed by atoms with Crippen molar-refractivity contribution in [3.63, 3.8) is 0 Å². The van der Waals surface area contributed by atoms with Crippen LogP contribution in [0.4, 0.5) is 5.82 Å². The molecule has 0 saturated carbocycles. The lowest BCUT2D eigenvalue weighted by atomic mass is 9.92. The molecule has 172 valence electrons. The predicted molar refractivity (Wildman–Crippen MR) is 109 cm³/mol. The van der Waals surface area contributed by atoms with Gasteiger partial charge < -0.3 is 30.2 Å². The summed E-state index contributed by atoms with van der Waals surface area (Å²) in [5, 5.41) is 35.2. The number of aromatic nitrogens is 3. The van der Waals surface area contributed by atoms with Crippen LogP contribution in [0.5, 0.6) is 0 Å². The van der Waals surface area contributed by atoms with Crippen LogP contribution in [0, 0.1) is 11.3 Å². The van der Waals surface area contributed by atoms with Gasteiger partial charge in [0.1, 0.15) is 42.8 Å². The maximum absolute atomic E-state index is 12.3. The number of nitriles is 1. The Morgan fingerprint density at radius 1 is 1.41 bits per heavy atom. The second-order valence-corrected chi connectivity index (χ2v) is 7.99. The Morgan fingerprint density at radius 3 is 2.84 bits per heavy atom. The average molecular weight is 446 g/mol. The molecule has 4 N–H and O–H groups in total. The quantitative estimate of drug-likeness (QED) is 0.456. The maximum atomic E-state index is 12.3. The first kappa shape index (κ1) is 22.4. The smallest absolute Gasteiger partial charge is 0.320 e. The third kappa shape index (κ3) is 3.89. The number of anilines is 1. The van der Waals surface area contributed by atoms with Gasteiger partial charge in [0.15, 0.2) is 5.82 Å². The van der Waals surface area contributed by atoms with E-state index in [0.29, 0.717) is 5.52 Å². The molecule has 2 aliphatic rings. The molecule has 2 aromatic rings. The van der Waals surface area contributed by atoms with E-state index in [9.17, 15) is 20.3 Å². The zero-order valence-electron chi connectivity index (χ0n) is 17.6. The molecule has 32 heavy (non-hydrogen) atoms. The van der Waals surface area contributed by atoms with Gasteiger partial charge in [-0.2, -0.15) is 10.4 Å². The highest BCUT2D eigenvalue weighted by molar-refractivity contribution is 5.71. The van der Waals surface area contributed by atoms with Crippen LogP contribution < -0.4 is 5.73 Å². The van der Waals surface area contributed by atoms with E-state index in [1.54, 1.807) is 13.2 Å². The Balaban J connectivity index is 1.43. The molecule has 2 saturated heterocycles. The number of esters is 1. The number of nitrogen functional groups attached to an aromatic ring is 1. The number of aliphatic hydroxyl groups is 2. The van der Waals surface area contributed by atoms with Crippen molar-refractivity contribution in [1.29, 1.82) is 5.26 Å². The first-order valence-electron chi connectivity index (χ1n) is 10.3. The Labute approximate surface area is 184 Å². The molecule has 12 heteroatoms. The number of carbonyl (C=O) groups is 1. The number of carbonyl (C=O) groups excluding carboxylic acids is 1. The normalized spacial score (nSPS) is 29.2. The lowest BCUT2D eigenvalue weighted by molar-refractivity contribution is -0.152. The summed E-state index contributed by atoms with van der Waals surface area (Å²) in [5.41, 5.74) is 4.53. The van der Waals surface area contributed by atoms with Crippen LogP contribution in [0.15, 0.2) is 18.5 Å². The molecule has 4 rings (SSSR count). The number of ether oxygens (including phenoxy) is 3. The van der Waals surface area contributed by atoms with E-state index in [2.05, 4.69) is 10.1 Å². The summed E-state index contributed by atoms with van der Waals surface area (Å²) in [6.45, 7) is 1.23. The lowest BCUT2D eigenvalue weighted by Crippen LogP contribution is -2.41. The van der Waals surface area contributed by atoms with Crippen molar-refractivity contribution in [3.8, 4) is 6.07 Å². The Bertz CT molecular complexity index is 1020. The van der Waals surface area contributed by atoms with Gasteiger partial charge in [-0.25, -0.2) is 9.50 Å². The Kier molecular flexibility index (Phi) is 6.27. The van der Waals surface area contributed by atoms with E-state index in [1.165, 1.54) is 16.9 Å². The highest BCUT2D eigenvalue weighted by Gasteiger charge is 2.57. The van der Waals surface area contributed by atoms with Crippen LogP contribution >= 0.6 is 0 Å². The summed E-state index contributed by atoms with van der Waals surface area (Å²) in [5.74, 6) is -0.290.